The molecule has 1 aliphatic heterocycles. The van der Waals surface area contributed by atoms with Gasteiger partial charge in [0.2, 0.25) is 0 Å². The second-order valence-corrected chi connectivity index (χ2v) is 14.8. The fraction of sp³-hybridized carbons (Fsp3) is 0.625. The van der Waals surface area contributed by atoms with Gasteiger partial charge in [0.05, 0.1) is 0 Å². The molecular formula is C32H48OSi. The van der Waals surface area contributed by atoms with E-state index in [1.165, 1.54) is 61.6 Å². The van der Waals surface area contributed by atoms with Gasteiger partial charge in [0, 0.05) is 22.5 Å². The molecule has 0 amide bonds. The van der Waals surface area contributed by atoms with Gasteiger partial charge in [0.25, 0.3) is 0 Å². The molecule has 1 nitrogen and oxygen atoms in total. The van der Waals surface area contributed by atoms with E-state index >= 15 is 0 Å². The summed E-state index contributed by atoms with van der Waals surface area (Å²) >= 11 is 0. The molecule has 0 radical (unpaired) electrons. The van der Waals surface area contributed by atoms with Crippen molar-refractivity contribution >= 4 is 8.80 Å². The van der Waals surface area contributed by atoms with Gasteiger partial charge in [-0.05, 0) is 78.5 Å². The first-order valence-corrected chi connectivity index (χ1v) is 16.9. The van der Waals surface area contributed by atoms with Gasteiger partial charge in [-0.2, -0.15) is 0 Å². The molecule has 4 rings (SSSR count). The monoisotopic (exact) mass is 476 g/mol. The van der Waals surface area contributed by atoms with E-state index in [9.17, 15) is 0 Å². The van der Waals surface area contributed by atoms with Gasteiger partial charge in [-0.25, -0.2) is 0 Å². The van der Waals surface area contributed by atoms with E-state index in [-0.39, 0.29) is 8.80 Å². The van der Waals surface area contributed by atoms with Crippen molar-refractivity contribution in [1.29, 1.82) is 0 Å². The summed E-state index contributed by atoms with van der Waals surface area (Å²) in [5.74, 6) is 2.88. The highest BCUT2D eigenvalue weighted by Crippen LogP contribution is 2.43. The van der Waals surface area contributed by atoms with Crippen molar-refractivity contribution in [1.82, 2.24) is 0 Å². The van der Waals surface area contributed by atoms with Crippen LogP contribution in [-0.2, 0) is 11.2 Å². The Hall–Kier alpha value is -1.38. The minimum atomic E-state index is -0.358. The highest BCUT2D eigenvalue weighted by Gasteiger charge is 2.31. The van der Waals surface area contributed by atoms with Crippen molar-refractivity contribution in [3.05, 3.63) is 59.7 Å². The number of methoxy groups -OCH3 is 1. The molecule has 1 saturated carbocycles. The van der Waals surface area contributed by atoms with Gasteiger partial charge in [-0.15, -0.1) is 0 Å². The van der Waals surface area contributed by atoms with Crippen LogP contribution in [0.25, 0.3) is 11.1 Å². The second kappa shape index (κ2) is 13.6. The largest absolute Gasteiger partial charge is 0.385 e. The van der Waals surface area contributed by atoms with Crippen molar-refractivity contribution in [2.24, 2.45) is 11.8 Å². The van der Waals surface area contributed by atoms with Crippen molar-refractivity contribution in [2.75, 3.05) is 13.7 Å². The van der Waals surface area contributed by atoms with Gasteiger partial charge in [-0.1, -0.05) is 106 Å². The Balaban J connectivity index is 1.22. The Morgan fingerprint density at radius 3 is 1.97 bits per heavy atom. The molecule has 0 N–H and O–H groups in total. The molecule has 0 atom stereocenters. The Kier molecular flexibility index (Phi) is 10.3. The molecule has 1 aliphatic carbocycles. The lowest BCUT2D eigenvalue weighted by molar-refractivity contribution is 0.195. The zero-order valence-corrected chi connectivity index (χ0v) is 23.1. The van der Waals surface area contributed by atoms with E-state index < -0.39 is 0 Å². The third-order valence-corrected chi connectivity index (χ3v) is 12.6. The van der Waals surface area contributed by atoms with Crippen LogP contribution in [0.1, 0.15) is 88.2 Å². The maximum absolute atomic E-state index is 5.17. The lowest BCUT2D eigenvalue weighted by Crippen LogP contribution is -2.28. The fourth-order valence-corrected chi connectivity index (χ4v) is 10.3. The molecule has 1 heterocycles. The topological polar surface area (TPSA) is 9.23 Å². The van der Waals surface area contributed by atoms with Gasteiger partial charge in [0.15, 0.2) is 0 Å². The lowest BCUT2D eigenvalue weighted by Gasteiger charge is -2.37. The Morgan fingerprint density at radius 1 is 0.735 bits per heavy atom. The molecule has 186 valence electrons. The number of hydrogen-bond acceptors (Lipinski definition) is 1. The van der Waals surface area contributed by atoms with E-state index in [0.717, 1.165) is 37.2 Å². The summed E-state index contributed by atoms with van der Waals surface area (Å²) in [6.07, 6.45) is 15.5. The van der Waals surface area contributed by atoms with E-state index in [0.29, 0.717) is 0 Å². The van der Waals surface area contributed by atoms with E-state index in [4.69, 9.17) is 4.74 Å². The minimum Gasteiger partial charge on any atom is -0.385 e. The Labute approximate surface area is 211 Å². The van der Waals surface area contributed by atoms with E-state index in [1.807, 2.05) is 0 Å². The van der Waals surface area contributed by atoms with Crippen LogP contribution in [0.5, 0.6) is 0 Å². The summed E-state index contributed by atoms with van der Waals surface area (Å²) in [6.45, 7) is 3.18. The summed E-state index contributed by atoms with van der Waals surface area (Å²) in [5, 5.41) is 0. The molecule has 34 heavy (non-hydrogen) atoms. The van der Waals surface area contributed by atoms with Crippen LogP contribution in [0, 0.1) is 11.8 Å². The molecular weight excluding hydrogens is 428 g/mol. The Bertz CT molecular complexity index is 811. The number of unbranched alkanes of at least 4 members (excludes halogenated alkanes) is 2. The first-order valence-electron chi connectivity index (χ1n) is 14.4. The summed E-state index contributed by atoms with van der Waals surface area (Å²) in [7, 11) is 1.42. The van der Waals surface area contributed by atoms with Crippen molar-refractivity contribution in [2.45, 2.75) is 102 Å². The van der Waals surface area contributed by atoms with Crippen LogP contribution < -0.4 is 0 Å². The van der Waals surface area contributed by atoms with Crippen LogP contribution in [0.2, 0.25) is 18.1 Å². The van der Waals surface area contributed by atoms with Gasteiger partial charge >= 0.3 is 0 Å². The number of benzene rings is 2. The predicted molar refractivity (Wildman–Crippen MR) is 151 cm³/mol. The maximum atomic E-state index is 5.17. The minimum absolute atomic E-state index is 0.358. The lowest BCUT2D eigenvalue weighted by atomic mass is 9.72. The second-order valence-electron chi connectivity index (χ2n) is 11.3. The predicted octanol–water partition coefficient (Wildman–Crippen LogP) is 9.03. The van der Waals surface area contributed by atoms with Crippen LogP contribution in [0.4, 0.5) is 0 Å². The van der Waals surface area contributed by atoms with E-state index in [2.05, 4.69) is 55.5 Å². The summed E-state index contributed by atoms with van der Waals surface area (Å²) in [6, 6.07) is 23.6. The summed E-state index contributed by atoms with van der Waals surface area (Å²) in [5.41, 5.74) is 5.66. The summed E-state index contributed by atoms with van der Waals surface area (Å²) < 4.78 is 5.17. The van der Waals surface area contributed by atoms with E-state index in [1.54, 1.807) is 43.6 Å². The first-order chi connectivity index (χ1) is 16.8. The fourth-order valence-electron chi connectivity index (χ4n) is 6.79. The van der Waals surface area contributed by atoms with Crippen LogP contribution in [0.3, 0.4) is 0 Å². The summed E-state index contributed by atoms with van der Waals surface area (Å²) in [4.78, 5) is 0. The van der Waals surface area contributed by atoms with Crippen LogP contribution in [0.15, 0.2) is 48.5 Å². The molecule has 2 aromatic carbocycles. The molecule has 0 bridgehead atoms. The maximum Gasteiger partial charge on any atom is 0.0465 e. The number of hydrogen-bond donors (Lipinski definition) is 0. The standard InChI is InChI=1S/C32H48OSi/c1-3-4-5-23-34-24-20-32(21-25-34)31-18-16-30(17-19-31)29-14-12-28(13-15-29)27-10-8-26(9-11-27)7-6-22-33-2/h8-15,30-32,34H,3-7,16-25H2,1-2H3/t30-,31-,32?,34?. The highest BCUT2D eigenvalue weighted by molar-refractivity contribution is 6.58. The van der Waals surface area contributed by atoms with Crippen molar-refractivity contribution < 1.29 is 4.74 Å². The Morgan fingerprint density at radius 2 is 1.35 bits per heavy atom. The SMILES string of the molecule is CCCCC[SiH]1CCC([C@H]2CC[C@H](c3ccc(-c4ccc(CCCOC)cc4)cc3)CC2)CC1. The quantitative estimate of drug-likeness (QED) is 0.232. The number of ether oxygens (including phenoxy) is 1. The smallest absolute Gasteiger partial charge is 0.0465 e. The van der Waals surface area contributed by atoms with Gasteiger partial charge in [-0.3, -0.25) is 0 Å². The van der Waals surface area contributed by atoms with Crippen LogP contribution in [-0.4, -0.2) is 22.5 Å². The highest BCUT2D eigenvalue weighted by atomic mass is 28.3. The third-order valence-electron chi connectivity index (χ3n) is 9.03. The van der Waals surface area contributed by atoms with Gasteiger partial charge in [0.1, 0.15) is 0 Å². The van der Waals surface area contributed by atoms with Crippen molar-refractivity contribution in [3.8, 4) is 11.1 Å². The normalized spacial score (nSPS) is 25.4. The van der Waals surface area contributed by atoms with Crippen LogP contribution >= 0.6 is 0 Å². The molecule has 2 fully saturated rings. The third kappa shape index (κ3) is 7.31. The zero-order chi connectivity index (χ0) is 23.6. The molecule has 0 unspecified atom stereocenters. The average molecular weight is 477 g/mol. The molecule has 0 aromatic heterocycles. The van der Waals surface area contributed by atoms with Crippen molar-refractivity contribution in [3.63, 3.8) is 0 Å². The van der Waals surface area contributed by atoms with Gasteiger partial charge < -0.3 is 4.74 Å². The molecule has 0 spiro atoms. The zero-order valence-electron chi connectivity index (χ0n) is 21.9. The number of aryl methyl sites for hydroxylation is 1. The molecule has 1 saturated heterocycles. The molecule has 2 heteroatoms. The first kappa shape index (κ1) is 25.7. The molecule has 2 aliphatic rings. The molecule has 2 aromatic rings. The number of rotatable bonds is 11. The average Bonchev–Trinajstić information content (AvgIpc) is 2.90.